The first-order chi connectivity index (χ1) is 11.8. The van der Waals surface area contributed by atoms with Crippen molar-refractivity contribution >= 4 is 15.7 Å². The summed E-state index contributed by atoms with van der Waals surface area (Å²) in [7, 11) is -3.05. The van der Waals surface area contributed by atoms with Gasteiger partial charge in [0.2, 0.25) is 5.91 Å². The van der Waals surface area contributed by atoms with E-state index in [0.29, 0.717) is 39.0 Å². The van der Waals surface area contributed by atoms with Crippen LogP contribution in [0.5, 0.6) is 5.75 Å². The summed E-state index contributed by atoms with van der Waals surface area (Å²) in [5.74, 6) is 1.24. The van der Waals surface area contributed by atoms with Crippen LogP contribution in [0, 0.1) is 5.92 Å². The van der Waals surface area contributed by atoms with Crippen LogP contribution in [0.3, 0.4) is 0 Å². The molecule has 1 aromatic rings. The summed E-state index contributed by atoms with van der Waals surface area (Å²) in [6.07, 6.45) is 1.43. The number of amides is 1. The third-order valence-electron chi connectivity index (χ3n) is 4.46. The topological polar surface area (TPSA) is 63.7 Å². The van der Waals surface area contributed by atoms with Gasteiger partial charge in [0, 0.05) is 13.1 Å². The van der Waals surface area contributed by atoms with E-state index in [0.717, 1.165) is 11.3 Å². The average molecular weight is 368 g/mol. The van der Waals surface area contributed by atoms with Gasteiger partial charge in [-0.05, 0) is 43.4 Å². The maximum atomic E-state index is 12.5. The molecule has 0 radical (unpaired) electrons. The predicted molar refractivity (Wildman–Crippen MR) is 99.5 cm³/mol. The molecule has 1 aliphatic heterocycles. The van der Waals surface area contributed by atoms with E-state index in [-0.39, 0.29) is 22.8 Å². The van der Waals surface area contributed by atoms with Gasteiger partial charge in [0.05, 0.1) is 24.0 Å². The molecular formula is C19H29NO4S. The van der Waals surface area contributed by atoms with E-state index < -0.39 is 9.84 Å². The van der Waals surface area contributed by atoms with E-state index in [1.54, 1.807) is 4.90 Å². The van der Waals surface area contributed by atoms with Gasteiger partial charge in [-0.3, -0.25) is 4.79 Å². The van der Waals surface area contributed by atoms with Gasteiger partial charge in [0.15, 0.2) is 9.84 Å². The van der Waals surface area contributed by atoms with E-state index in [4.69, 9.17) is 4.74 Å². The molecule has 5 nitrogen and oxygen atoms in total. The smallest absolute Gasteiger partial charge is 0.226 e. The largest absolute Gasteiger partial charge is 0.494 e. The van der Waals surface area contributed by atoms with Crippen LogP contribution in [-0.4, -0.2) is 49.9 Å². The van der Waals surface area contributed by atoms with Crippen LogP contribution < -0.4 is 4.74 Å². The molecule has 1 fully saturated rings. The van der Waals surface area contributed by atoms with Crippen LogP contribution in [0.1, 0.15) is 39.2 Å². The van der Waals surface area contributed by atoms with Crippen LogP contribution in [0.2, 0.25) is 0 Å². The Hall–Kier alpha value is -1.56. The lowest BCUT2D eigenvalue weighted by Gasteiger charge is -2.32. The molecule has 0 N–H and O–H groups in total. The Labute approximate surface area is 151 Å². The number of nitrogens with zero attached hydrogens (tertiary/aromatic N) is 1. The zero-order valence-electron chi connectivity index (χ0n) is 15.4. The molecule has 1 saturated heterocycles. The third kappa shape index (κ3) is 5.73. The van der Waals surface area contributed by atoms with Crippen molar-refractivity contribution in [2.45, 2.75) is 45.3 Å². The Morgan fingerprint density at radius 1 is 1.20 bits per heavy atom. The standard InChI is InChI=1S/C19H29NO4S/c1-4-24-17-7-5-16(6-8-17)13-19(21)20-11-9-18(10-12-20)25(22,23)14-15(2)3/h5-8,15,18H,4,9-14H2,1-3H3. The SMILES string of the molecule is CCOc1ccc(CC(=O)N2CCC(S(=O)(=O)CC(C)C)CC2)cc1. The fourth-order valence-electron chi connectivity index (χ4n) is 3.22. The molecule has 1 heterocycles. The molecule has 1 amide bonds. The van der Waals surface area contributed by atoms with Crippen molar-refractivity contribution in [3.63, 3.8) is 0 Å². The van der Waals surface area contributed by atoms with Crippen molar-refractivity contribution in [3.8, 4) is 5.75 Å². The molecule has 0 unspecified atom stereocenters. The minimum atomic E-state index is -3.05. The Bertz CT molecular complexity index is 659. The van der Waals surface area contributed by atoms with Crippen molar-refractivity contribution in [1.29, 1.82) is 0 Å². The fourth-order valence-corrected chi connectivity index (χ4v) is 5.35. The first-order valence-electron chi connectivity index (χ1n) is 9.03. The molecule has 0 atom stereocenters. The number of benzene rings is 1. The highest BCUT2D eigenvalue weighted by molar-refractivity contribution is 7.92. The van der Waals surface area contributed by atoms with E-state index in [9.17, 15) is 13.2 Å². The first-order valence-corrected chi connectivity index (χ1v) is 10.7. The molecule has 0 spiro atoms. The van der Waals surface area contributed by atoms with Crippen molar-refractivity contribution < 1.29 is 17.9 Å². The predicted octanol–water partition coefficient (Wildman–Crippen LogP) is 2.69. The monoisotopic (exact) mass is 367 g/mol. The molecule has 0 saturated carbocycles. The van der Waals surface area contributed by atoms with Crippen LogP contribution in [0.25, 0.3) is 0 Å². The number of carbonyl (C=O) groups is 1. The minimum Gasteiger partial charge on any atom is -0.494 e. The van der Waals surface area contributed by atoms with E-state index in [1.807, 2.05) is 45.0 Å². The number of likely N-dealkylation sites (tertiary alicyclic amines) is 1. The molecule has 25 heavy (non-hydrogen) atoms. The lowest BCUT2D eigenvalue weighted by atomic mass is 10.1. The number of sulfone groups is 1. The summed E-state index contributed by atoms with van der Waals surface area (Å²) >= 11 is 0. The Morgan fingerprint density at radius 2 is 1.80 bits per heavy atom. The third-order valence-corrected chi connectivity index (χ3v) is 7.08. The van der Waals surface area contributed by atoms with E-state index in [2.05, 4.69) is 0 Å². The minimum absolute atomic E-state index is 0.0591. The Balaban J connectivity index is 1.86. The normalized spacial score (nSPS) is 16.2. The average Bonchev–Trinajstić information content (AvgIpc) is 2.56. The van der Waals surface area contributed by atoms with E-state index in [1.165, 1.54) is 0 Å². The summed E-state index contributed by atoms with van der Waals surface area (Å²) in [4.78, 5) is 14.2. The summed E-state index contributed by atoms with van der Waals surface area (Å²) in [5, 5.41) is -0.301. The van der Waals surface area contributed by atoms with Crippen LogP contribution in [0.15, 0.2) is 24.3 Å². The number of hydrogen-bond donors (Lipinski definition) is 0. The highest BCUT2D eigenvalue weighted by atomic mass is 32.2. The number of piperidine rings is 1. The summed E-state index contributed by atoms with van der Waals surface area (Å²) in [6.45, 7) is 7.45. The van der Waals surface area contributed by atoms with Gasteiger partial charge in [0.25, 0.3) is 0 Å². The molecule has 6 heteroatoms. The lowest BCUT2D eigenvalue weighted by Crippen LogP contribution is -2.43. The summed E-state index contributed by atoms with van der Waals surface area (Å²) < 4.78 is 30.1. The van der Waals surface area contributed by atoms with Crippen molar-refractivity contribution in [2.75, 3.05) is 25.4 Å². The van der Waals surface area contributed by atoms with Crippen molar-refractivity contribution in [1.82, 2.24) is 4.90 Å². The molecule has 2 rings (SSSR count). The second kappa shape index (κ2) is 8.70. The Morgan fingerprint density at radius 3 is 2.32 bits per heavy atom. The van der Waals surface area contributed by atoms with Gasteiger partial charge < -0.3 is 9.64 Å². The molecule has 1 aromatic carbocycles. The van der Waals surface area contributed by atoms with Gasteiger partial charge in [-0.15, -0.1) is 0 Å². The maximum Gasteiger partial charge on any atom is 0.226 e. The second-order valence-electron chi connectivity index (χ2n) is 7.06. The molecule has 1 aliphatic rings. The molecule has 140 valence electrons. The highest BCUT2D eigenvalue weighted by Crippen LogP contribution is 2.21. The highest BCUT2D eigenvalue weighted by Gasteiger charge is 2.31. The zero-order valence-corrected chi connectivity index (χ0v) is 16.2. The van der Waals surface area contributed by atoms with E-state index >= 15 is 0 Å². The second-order valence-corrected chi connectivity index (χ2v) is 9.38. The molecular weight excluding hydrogens is 338 g/mol. The summed E-state index contributed by atoms with van der Waals surface area (Å²) in [5.41, 5.74) is 0.947. The number of rotatable bonds is 7. The Kier molecular flexibility index (Phi) is 6.87. The number of hydrogen-bond acceptors (Lipinski definition) is 4. The van der Waals surface area contributed by atoms with Gasteiger partial charge >= 0.3 is 0 Å². The van der Waals surface area contributed by atoms with Gasteiger partial charge in [-0.25, -0.2) is 8.42 Å². The van der Waals surface area contributed by atoms with Gasteiger partial charge in [-0.2, -0.15) is 0 Å². The quantitative estimate of drug-likeness (QED) is 0.743. The molecule has 0 aliphatic carbocycles. The fraction of sp³-hybridized carbons (Fsp3) is 0.632. The van der Waals surface area contributed by atoms with Crippen LogP contribution in [-0.2, 0) is 21.1 Å². The van der Waals surface area contributed by atoms with Crippen molar-refractivity contribution in [2.24, 2.45) is 5.92 Å². The number of carbonyl (C=O) groups excluding carboxylic acids is 1. The summed E-state index contributed by atoms with van der Waals surface area (Å²) in [6, 6.07) is 7.55. The molecule has 0 aromatic heterocycles. The number of ether oxygens (including phenoxy) is 1. The van der Waals surface area contributed by atoms with Gasteiger partial charge in [-0.1, -0.05) is 26.0 Å². The van der Waals surface area contributed by atoms with Crippen molar-refractivity contribution in [3.05, 3.63) is 29.8 Å². The van der Waals surface area contributed by atoms with Crippen LogP contribution in [0.4, 0.5) is 0 Å². The maximum absolute atomic E-state index is 12.5. The lowest BCUT2D eigenvalue weighted by molar-refractivity contribution is -0.131. The first kappa shape index (κ1) is 19.8. The van der Waals surface area contributed by atoms with Gasteiger partial charge in [0.1, 0.15) is 5.75 Å². The molecule has 0 bridgehead atoms. The van der Waals surface area contributed by atoms with Crippen LogP contribution >= 0.6 is 0 Å². The zero-order chi connectivity index (χ0) is 18.4.